The molecule has 0 saturated carbocycles. The number of rotatable bonds is 6. The van der Waals surface area contributed by atoms with E-state index in [2.05, 4.69) is 30.7 Å². The smallest absolute Gasteiger partial charge is 0.256 e. The van der Waals surface area contributed by atoms with Gasteiger partial charge in [0.25, 0.3) is 6.43 Å². The molecule has 4 aromatic rings. The normalized spacial score (nSPS) is 18.4. The van der Waals surface area contributed by atoms with Crippen LogP contribution in [0.3, 0.4) is 0 Å². The predicted molar refractivity (Wildman–Crippen MR) is 129 cm³/mol. The maximum absolute atomic E-state index is 14.7. The molecular weight excluding hydrogens is 475 g/mol. The number of fused-ring (bicyclic) bond motifs is 2. The van der Waals surface area contributed by atoms with Gasteiger partial charge in [0.1, 0.15) is 23.0 Å². The van der Waals surface area contributed by atoms with Gasteiger partial charge in [-0.25, -0.2) is 27.7 Å². The van der Waals surface area contributed by atoms with E-state index in [1.54, 1.807) is 36.8 Å². The number of nitrogens with zero attached hydrogens (tertiary/aromatic N) is 7. The second-order valence-corrected chi connectivity index (χ2v) is 8.78. The fourth-order valence-electron chi connectivity index (χ4n) is 4.61. The summed E-state index contributed by atoms with van der Waals surface area (Å²) < 4.78 is 44.0. The maximum atomic E-state index is 14.7. The van der Waals surface area contributed by atoms with Crippen LogP contribution in [0.4, 0.5) is 24.9 Å². The van der Waals surface area contributed by atoms with Crippen LogP contribution in [-0.2, 0) is 11.3 Å². The number of amides is 1. The molecule has 190 valence electrons. The zero-order valence-corrected chi connectivity index (χ0v) is 20.0. The quantitative estimate of drug-likeness (QED) is 0.418. The van der Waals surface area contributed by atoms with Crippen molar-refractivity contribution in [1.29, 1.82) is 0 Å². The second-order valence-electron chi connectivity index (χ2n) is 8.78. The Bertz CT molecular complexity index is 1430. The molecule has 36 heavy (non-hydrogen) atoms. The highest BCUT2D eigenvalue weighted by atomic mass is 19.3. The van der Waals surface area contributed by atoms with Gasteiger partial charge in [-0.15, -0.1) is 5.10 Å². The third kappa shape index (κ3) is 4.29. The molecule has 1 amide bonds. The number of halogens is 3. The number of nitrogens with one attached hydrogen (secondary N) is 2. The number of piperidine rings is 1. The molecule has 5 heterocycles. The van der Waals surface area contributed by atoms with Crippen molar-refractivity contribution in [1.82, 2.24) is 34.0 Å². The summed E-state index contributed by atoms with van der Waals surface area (Å²) in [4.78, 5) is 26.6. The standard InChI is InChI=1S/C23H26F3N9O/c1-12-28-18-5-4-16(29-22(18)34(12)11-19(25)26)14-6-9-35-20(14)21(27-3)31-23(32-35)30-17-7-8-33(13(2)36)10-15(17)24/h4-6,9,15,17,19H,7-8,10-11H2,1-3H3,(H2,27,30,31,32)/t15-,17+/m1/s1. The van der Waals surface area contributed by atoms with Crippen LogP contribution in [0.5, 0.6) is 0 Å². The van der Waals surface area contributed by atoms with E-state index in [9.17, 15) is 18.0 Å². The van der Waals surface area contributed by atoms with E-state index in [0.717, 1.165) is 0 Å². The fourth-order valence-corrected chi connectivity index (χ4v) is 4.61. The molecule has 4 aromatic heterocycles. The van der Waals surface area contributed by atoms with E-state index in [1.807, 2.05) is 6.07 Å². The molecular formula is C23H26F3N9O. The van der Waals surface area contributed by atoms with Crippen molar-refractivity contribution in [3.63, 3.8) is 0 Å². The van der Waals surface area contributed by atoms with E-state index < -0.39 is 25.2 Å². The van der Waals surface area contributed by atoms with Crippen LogP contribution in [0.15, 0.2) is 24.4 Å². The highest BCUT2D eigenvalue weighted by molar-refractivity contribution is 5.89. The van der Waals surface area contributed by atoms with Gasteiger partial charge in [0.15, 0.2) is 11.5 Å². The highest BCUT2D eigenvalue weighted by Crippen LogP contribution is 2.31. The van der Waals surface area contributed by atoms with E-state index >= 15 is 0 Å². The Morgan fingerprint density at radius 1 is 1.22 bits per heavy atom. The lowest BCUT2D eigenvalue weighted by Crippen LogP contribution is -2.49. The maximum Gasteiger partial charge on any atom is 0.256 e. The molecule has 0 radical (unpaired) electrons. The van der Waals surface area contributed by atoms with Gasteiger partial charge >= 0.3 is 0 Å². The molecule has 1 aliphatic rings. The SMILES string of the molecule is CNc1nc(N[C@H]2CCN(C(C)=O)C[C@H]2F)nn2ccc(-c3ccc4nc(C)n(CC(F)F)c4n3)c12. The largest absolute Gasteiger partial charge is 0.371 e. The monoisotopic (exact) mass is 501 g/mol. The van der Waals surface area contributed by atoms with E-state index in [-0.39, 0.29) is 18.4 Å². The first-order valence-electron chi connectivity index (χ1n) is 11.6. The third-order valence-electron chi connectivity index (χ3n) is 6.43. The van der Waals surface area contributed by atoms with Crippen LogP contribution < -0.4 is 10.6 Å². The van der Waals surface area contributed by atoms with Crippen LogP contribution in [0.1, 0.15) is 19.2 Å². The van der Waals surface area contributed by atoms with Gasteiger partial charge in [-0.05, 0) is 31.5 Å². The van der Waals surface area contributed by atoms with Gasteiger partial charge in [-0.1, -0.05) is 0 Å². The first-order chi connectivity index (χ1) is 17.2. The van der Waals surface area contributed by atoms with Crippen molar-refractivity contribution < 1.29 is 18.0 Å². The molecule has 1 saturated heterocycles. The van der Waals surface area contributed by atoms with Crippen LogP contribution in [-0.4, -0.2) is 78.7 Å². The number of carbonyl (C=O) groups is 1. The molecule has 0 spiro atoms. The number of carbonyl (C=O) groups excluding carboxylic acids is 1. The average Bonchev–Trinajstić information content (AvgIpc) is 3.40. The number of alkyl halides is 3. The summed E-state index contributed by atoms with van der Waals surface area (Å²) in [7, 11) is 1.71. The van der Waals surface area contributed by atoms with Crippen molar-refractivity contribution in [3.8, 4) is 11.3 Å². The number of aromatic nitrogens is 6. The van der Waals surface area contributed by atoms with E-state index in [0.29, 0.717) is 52.5 Å². The topological polar surface area (TPSA) is 105 Å². The molecule has 1 aliphatic heterocycles. The van der Waals surface area contributed by atoms with Gasteiger partial charge in [0.2, 0.25) is 11.9 Å². The van der Waals surface area contributed by atoms with Gasteiger partial charge in [-0.3, -0.25) is 4.79 Å². The van der Waals surface area contributed by atoms with Crippen LogP contribution >= 0.6 is 0 Å². The Morgan fingerprint density at radius 2 is 2.03 bits per heavy atom. The molecule has 1 fully saturated rings. The Balaban J connectivity index is 1.48. The molecule has 13 heteroatoms. The van der Waals surface area contributed by atoms with Crippen LogP contribution in [0, 0.1) is 6.92 Å². The van der Waals surface area contributed by atoms with Crippen LogP contribution in [0.25, 0.3) is 27.9 Å². The highest BCUT2D eigenvalue weighted by Gasteiger charge is 2.31. The number of hydrogen-bond acceptors (Lipinski definition) is 7. The zero-order chi connectivity index (χ0) is 25.6. The Morgan fingerprint density at radius 3 is 2.72 bits per heavy atom. The Labute approximate surface area is 204 Å². The number of hydrogen-bond donors (Lipinski definition) is 2. The minimum absolute atomic E-state index is 0.0254. The second kappa shape index (κ2) is 9.28. The summed E-state index contributed by atoms with van der Waals surface area (Å²) in [5, 5.41) is 10.6. The average molecular weight is 502 g/mol. The number of likely N-dealkylation sites (tertiary alicyclic amines) is 1. The lowest BCUT2D eigenvalue weighted by molar-refractivity contribution is -0.131. The van der Waals surface area contributed by atoms with Gasteiger partial charge in [0.05, 0.1) is 24.8 Å². The van der Waals surface area contributed by atoms with Crippen LogP contribution in [0.2, 0.25) is 0 Å². The first kappa shape index (κ1) is 23.8. The Kier molecular flexibility index (Phi) is 6.14. The molecule has 10 nitrogen and oxygen atoms in total. The number of anilines is 2. The third-order valence-corrected chi connectivity index (χ3v) is 6.43. The molecule has 5 rings (SSSR count). The van der Waals surface area contributed by atoms with Crippen molar-refractivity contribution >= 4 is 34.4 Å². The van der Waals surface area contributed by atoms with Crippen molar-refractivity contribution in [2.45, 2.75) is 45.5 Å². The molecule has 2 N–H and O–H groups in total. The van der Waals surface area contributed by atoms with Gasteiger partial charge in [0, 0.05) is 32.3 Å². The van der Waals surface area contributed by atoms with Gasteiger partial charge < -0.3 is 20.1 Å². The summed E-state index contributed by atoms with van der Waals surface area (Å²) in [5.41, 5.74) is 2.80. The number of pyridine rings is 1. The lowest BCUT2D eigenvalue weighted by Gasteiger charge is -2.34. The summed E-state index contributed by atoms with van der Waals surface area (Å²) >= 11 is 0. The summed E-state index contributed by atoms with van der Waals surface area (Å²) in [6, 6.07) is 4.81. The van der Waals surface area contributed by atoms with E-state index in [1.165, 1.54) is 16.4 Å². The number of imidazole rings is 1. The first-order valence-corrected chi connectivity index (χ1v) is 11.6. The van der Waals surface area contributed by atoms with Crippen molar-refractivity contribution in [2.24, 2.45) is 0 Å². The minimum Gasteiger partial charge on any atom is -0.371 e. The van der Waals surface area contributed by atoms with E-state index in [4.69, 9.17) is 0 Å². The predicted octanol–water partition coefficient (Wildman–Crippen LogP) is 3.13. The molecule has 0 aromatic carbocycles. The minimum atomic E-state index is -2.53. The van der Waals surface area contributed by atoms with Gasteiger partial charge in [-0.2, -0.15) is 4.98 Å². The lowest BCUT2D eigenvalue weighted by atomic mass is 10.0. The fraction of sp³-hybridized carbons (Fsp3) is 0.435. The molecule has 2 atom stereocenters. The molecule has 0 unspecified atom stereocenters. The summed E-state index contributed by atoms with van der Waals surface area (Å²) in [6.07, 6.45) is -1.62. The summed E-state index contributed by atoms with van der Waals surface area (Å²) in [5.74, 6) is 1.05. The summed E-state index contributed by atoms with van der Waals surface area (Å²) in [6.45, 7) is 3.09. The van der Waals surface area contributed by atoms with Crippen molar-refractivity contribution in [2.75, 3.05) is 30.8 Å². The molecule has 0 aliphatic carbocycles. The number of aryl methyl sites for hydroxylation is 1. The Hall–Kier alpha value is -3.90. The zero-order valence-electron chi connectivity index (χ0n) is 20.0. The molecule has 0 bridgehead atoms. The van der Waals surface area contributed by atoms with Crippen molar-refractivity contribution in [3.05, 3.63) is 30.2 Å².